The highest BCUT2D eigenvalue weighted by Crippen LogP contribution is 2.45. The third kappa shape index (κ3) is 12.8. The van der Waals surface area contributed by atoms with Crippen LogP contribution in [0.4, 0.5) is 0 Å². The standard InChI is InChI=1S/C73H76N2.C2H6/c1-10-17-21-22-24-35-56-37-27-42-61(51-56)74-54(9)70(63(57(15-6)38-18-11-2)44-28-36-55-33-25-23-26-34-55)67-48-31-46-65(72(67)74)64-45-30-47-66-69-50-53(8)49-68(58(16-7)39-19-12-3)73(69)75(71(64)66)62-43-29-41-60(52-62)59(32-14-5)40-20-13-4;1-2/h10-12,14-17,19,21-33,35,37,39,41-45,47-52,55,65H,2-3,5,9,13,18,20,34,36,38,40,46H2,1,4,6-8H3;1-2H3/b17-10-,22-21-,35-24+,39-19-,44-28-,57-15+,58-16+,59-32+,70-63-;. The highest BCUT2D eigenvalue weighted by molar-refractivity contribution is 6.14. The van der Waals surface area contributed by atoms with Gasteiger partial charge in [0.05, 0.1) is 11.0 Å². The van der Waals surface area contributed by atoms with Gasteiger partial charge in [0.2, 0.25) is 0 Å². The molecule has 0 saturated carbocycles. The van der Waals surface area contributed by atoms with Crippen molar-refractivity contribution in [3.05, 3.63) is 275 Å². The molecule has 8 rings (SSSR count). The Morgan fingerprint density at radius 2 is 1.53 bits per heavy atom. The highest BCUT2D eigenvalue weighted by atomic mass is 15.0. The Morgan fingerprint density at radius 3 is 2.26 bits per heavy atom. The minimum Gasteiger partial charge on any atom is -0.313 e. The van der Waals surface area contributed by atoms with Crippen molar-refractivity contribution in [3.63, 3.8) is 0 Å². The first-order chi connectivity index (χ1) is 37.8. The molecule has 0 fully saturated rings. The average molecular weight is 1010 g/mol. The van der Waals surface area contributed by atoms with Gasteiger partial charge in [-0.05, 0) is 160 Å². The van der Waals surface area contributed by atoms with Crippen molar-refractivity contribution in [3.8, 4) is 11.4 Å². The molecule has 2 unspecified atom stereocenters. The summed E-state index contributed by atoms with van der Waals surface area (Å²) in [6, 6.07) is 29.9. The number of fused-ring (bicyclic) bond motifs is 4. The molecule has 4 aromatic carbocycles. The zero-order chi connectivity index (χ0) is 54.7. The maximum Gasteiger partial charge on any atom is 0.0619 e. The van der Waals surface area contributed by atoms with Crippen molar-refractivity contribution in [1.82, 2.24) is 9.13 Å². The van der Waals surface area contributed by atoms with Crippen molar-refractivity contribution in [2.24, 2.45) is 5.92 Å². The van der Waals surface area contributed by atoms with Crippen LogP contribution in [0.1, 0.15) is 138 Å². The zero-order valence-electron chi connectivity index (χ0n) is 47.2. The topological polar surface area (TPSA) is 9.86 Å². The molecule has 2 heteroatoms. The largest absolute Gasteiger partial charge is 0.313 e. The van der Waals surface area contributed by atoms with Gasteiger partial charge in [-0.15, -0.1) is 6.58 Å². The van der Waals surface area contributed by atoms with Crippen LogP contribution in [0.2, 0.25) is 0 Å². The van der Waals surface area contributed by atoms with Gasteiger partial charge in [-0.1, -0.05) is 223 Å². The number of aromatic nitrogens is 2. The number of rotatable bonds is 21. The first-order valence-corrected chi connectivity index (χ1v) is 28.2. The van der Waals surface area contributed by atoms with Crippen LogP contribution >= 0.6 is 0 Å². The Hall–Kier alpha value is -7.94. The normalized spacial score (nSPS) is 16.4. The lowest BCUT2D eigenvalue weighted by Crippen LogP contribution is -2.30. The van der Waals surface area contributed by atoms with E-state index in [0.29, 0.717) is 5.92 Å². The summed E-state index contributed by atoms with van der Waals surface area (Å²) in [5.41, 5.74) is 18.1. The quantitative estimate of drug-likeness (QED) is 0.0502. The van der Waals surface area contributed by atoms with E-state index in [-0.39, 0.29) is 5.92 Å². The zero-order valence-corrected chi connectivity index (χ0v) is 47.2. The van der Waals surface area contributed by atoms with Crippen LogP contribution in [-0.4, -0.2) is 9.13 Å². The molecule has 2 heterocycles. The highest BCUT2D eigenvalue weighted by Gasteiger charge is 2.31. The summed E-state index contributed by atoms with van der Waals surface area (Å²) in [4.78, 5) is 0. The molecule has 0 aliphatic heterocycles. The molecule has 0 amide bonds. The summed E-state index contributed by atoms with van der Waals surface area (Å²) < 4.78 is 5.08. The summed E-state index contributed by atoms with van der Waals surface area (Å²) in [6.07, 6.45) is 55.8. The van der Waals surface area contributed by atoms with Crippen LogP contribution in [0.3, 0.4) is 0 Å². The van der Waals surface area contributed by atoms with Crippen LogP contribution < -0.4 is 10.6 Å². The fourth-order valence-corrected chi connectivity index (χ4v) is 11.2. The van der Waals surface area contributed by atoms with Crippen molar-refractivity contribution in [1.29, 1.82) is 0 Å². The monoisotopic (exact) mass is 1010 g/mol. The van der Waals surface area contributed by atoms with Gasteiger partial charge in [-0.2, -0.15) is 0 Å². The summed E-state index contributed by atoms with van der Waals surface area (Å²) in [5.74, 6) is 0.441. The van der Waals surface area contributed by atoms with Crippen LogP contribution in [0.5, 0.6) is 0 Å². The van der Waals surface area contributed by atoms with Gasteiger partial charge < -0.3 is 9.13 Å². The van der Waals surface area contributed by atoms with E-state index >= 15 is 0 Å². The number of hydrogen-bond donors (Lipinski definition) is 0. The molecule has 2 nitrogen and oxygen atoms in total. The lowest BCUT2D eigenvalue weighted by atomic mass is 9.84. The predicted octanol–water partition coefficient (Wildman–Crippen LogP) is 20.1. The van der Waals surface area contributed by atoms with E-state index in [4.69, 9.17) is 6.58 Å². The second-order valence-corrected chi connectivity index (χ2v) is 19.7. The van der Waals surface area contributed by atoms with Crippen LogP contribution in [0.15, 0.2) is 226 Å². The summed E-state index contributed by atoms with van der Waals surface area (Å²) >= 11 is 0. The molecule has 6 aromatic rings. The maximum atomic E-state index is 5.10. The average Bonchev–Trinajstić information content (AvgIpc) is 4.07. The number of hydrogen-bond acceptors (Lipinski definition) is 0. The molecule has 392 valence electrons. The first-order valence-electron chi connectivity index (χ1n) is 28.2. The summed E-state index contributed by atoms with van der Waals surface area (Å²) in [7, 11) is 0. The van der Waals surface area contributed by atoms with Gasteiger partial charge in [0.25, 0.3) is 0 Å². The molecule has 2 aliphatic rings. The van der Waals surface area contributed by atoms with Gasteiger partial charge in [0, 0.05) is 55.5 Å². The minimum absolute atomic E-state index is 0.0315. The summed E-state index contributed by atoms with van der Waals surface area (Å²) in [5, 5.41) is 4.65. The molecule has 0 spiro atoms. The van der Waals surface area contributed by atoms with Crippen molar-refractivity contribution in [2.45, 2.75) is 106 Å². The fraction of sp³-hybridized carbons (Fsp3) is 0.227. The fourth-order valence-electron chi connectivity index (χ4n) is 11.2. The molecule has 77 heavy (non-hydrogen) atoms. The molecule has 2 aromatic heterocycles. The Morgan fingerprint density at radius 1 is 0.740 bits per heavy atom. The Labute approximate surface area is 462 Å². The van der Waals surface area contributed by atoms with Gasteiger partial charge >= 0.3 is 0 Å². The first kappa shape index (κ1) is 56.8. The molecule has 0 N–H and O–H groups in total. The van der Waals surface area contributed by atoms with Crippen LogP contribution in [-0.2, 0) is 0 Å². The van der Waals surface area contributed by atoms with Crippen LogP contribution in [0.25, 0.3) is 68.6 Å². The maximum absolute atomic E-state index is 5.10. The van der Waals surface area contributed by atoms with E-state index in [1.54, 1.807) is 0 Å². The Kier molecular flexibility index (Phi) is 20.8. The van der Waals surface area contributed by atoms with E-state index in [0.717, 1.165) is 79.2 Å². The Bertz CT molecular complexity index is 3560. The van der Waals surface area contributed by atoms with Crippen molar-refractivity contribution in [2.75, 3.05) is 0 Å². The number of para-hydroxylation sites is 1. The van der Waals surface area contributed by atoms with Gasteiger partial charge in [0.15, 0.2) is 0 Å². The molecule has 0 bridgehead atoms. The summed E-state index contributed by atoms with van der Waals surface area (Å²) in [6.45, 7) is 32.3. The molecular formula is C75H82N2. The van der Waals surface area contributed by atoms with Gasteiger partial charge in [0.1, 0.15) is 0 Å². The molecule has 2 aliphatic carbocycles. The van der Waals surface area contributed by atoms with E-state index < -0.39 is 0 Å². The van der Waals surface area contributed by atoms with Gasteiger partial charge in [-0.25, -0.2) is 0 Å². The number of aryl methyl sites for hydroxylation is 1. The third-order valence-corrected chi connectivity index (χ3v) is 14.7. The van der Waals surface area contributed by atoms with Gasteiger partial charge in [-0.3, -0.25) is 0 Å². The molecule has 2 atom stereocenters. The smallest absolute Gasteiger partial charge is 0.0619 e. The van der Waals surface area contributed by atoms with Crippen molar-refractivity contribution < 1.29 is 0 Å². The number of nitrogens with zero attached hydrogens (tertiary/aromatic N) is 2. The van der Waals surface area contributed by atoms with E-state index in [1.807, 2.05) is 51.2 Å². The molecular weight excluding hydrogens is 929 g/mol. The number of allylic oxidation sites excluding steroid dienone is 23. The third-order valence-electron chi connectivity index (χ3n) is 14.7. The van der Waals surface area contributed by atoms with E-state index in [9.17, 15) is 0 Å². The second-order valence-electron chi connectivity index (χ2n) is 19.7. The second kappa shape index (κ2) is 28.3. The minimum atomic E-state index is -0.0315. The molecule has 0 radical (unpaired) electrons. The van der Waals surface area contributed by atoms with E-state index in [2.05, 4.69) is 239 Å². The van der Waals surface area contributed by atoms with E-state index in [1.165, 1.54) is 77.3 Å². The SMILES string of the molecule is C=C/C=C\C(=C/C)c1cc(C)cc2c3cccc(C4CC=Cc5c4n(-c4cccc(/C=C/C=C\C=C/C)c4)c(=C)/c5=C(\C=C/CC4C=CC=CC4)C(=C/C)/CCC=C)c3n(-c3cccc(/C(=C/C=C)CCCC)c3)c12.CC. The van der Waals surface area contributed by atoms with Crippen molar-refractivity contribution >= 4 is 57.3 Å². The lowest BCUT2D eigenvalue weighted by molar-refractivity contribution is 0.669. The predicted molar refractivity (Wildman–Crippen MR) is 343 cm³/mol. The Balaban J connectivity index is 0.00000426. The molecule has 0 saturated heterocycles. The van der Waals surface area contributed by atoms with Crippen LogP contribution in [0, 0.1) is 12.8 Å². The number of benzene rings is 4. The number of unbranched alkanes of at least 4 members (excludes halogenated alkanes) is 1. The lowest BCUT2D eigenvalue weighted by Gasteiger charge is -2.25.